The van der Waals surface area contributed by atoms with Gasteiger partial charge >= 0.3 is 5.97 Å². The molecular weight excluding hydrogens is 314 g/mol. The zero-order chi connectivity index (χ0) is 14.3. The average Bonchev–Trinajstić information content (AvgIpc) is 2.39. The van der Waals surface area contributed by atoms with E-state index in [9.17, 15) is 9.59 Å². The molecule has 100 valence electrons. The van der Waals surface area contributed by atoms with Crippen molar-refractivity contribution in [3.8, 4) is 6.07 Å². The molecule has 6 nitrogen and oxygen atoms in total. The van der Waals surface area contributed by atoms with Crippen LogP contribution in [0, 0.1) is 11.3 Å². The Morgan fingerprint density at radius 3 is 2.89 bits per heavy atom. The molecule has 3 N–H and O–H groups in total. The standard InChI is InChI=1S/C12H12BrN3O3/c13-10-3-2-8(15)6-9(10)12(18)19-7-11(17)16-5-1-4-14/h2-3,6H,1,5,7,15H2,(H,16,17). The lowest BCUT2D eigenvalue weighted by Crippen LogP contribution is -2.29. The molecule has 19 heavy (non-hydrogen) atoms. The average molecular weight is 326 g/mol. The number of ether oxygens (including phenoxy) is 1. The molecule has 0 saturated carbocycles. The number of carbonyl (C=O) groups is 2. The minimum atomic E-state index is -0.644. The van der Waals surface area contributed by atoms with Gasteiger partial charge in [-0.05, 0) is 34.1 Å². The van der Waals surface area contributed by atoms with Crippen LogP contribution in [0.3, 0.4) is 0 Å². The summed E-state index contributed by atoms with van der Waals surface area (Å²) in [5.74, 6) is -1.10. The molecule has 0 heterocycles. The fraction of sp³-hybridized carbons (Fsp3) is 0.250. The first-order valence-electron chi connectivity index (χ1n) is 5.40. The molecule has 0 fully saturated rings. The van der Waals surface area contributed by atoms with Crippen LogP contribution in [0.4, 0.5) is 5.69 Å². The van der Waals surface area contributed by atoms with Gasteiger partial charge in [-0.2, -0.15) is 5.26 Å². The molecule has 0 aliphatic heterocycles. The molecule has 1 rings (SSSR count). The van der Waals surface area contributed by atoms with E-state index in [-0.39, 0.29) is 18.5 Å². The number of anilines is 1. The van der Waals surface area contributed by atoms with Crippen molar-refractivity contribution in [2.24, 2.45) is 0 Å². The Bertz CT molecular complexity index is 525. The number of nitrogens with one attached hydrogen (secondary N) is 1. The number of nitrogens with two attached hydrogens (primary N) is 1. The highest BCUT2D eigenvalue weighted by Crippen LogP contribution is 2.20. The summed E-state index contributed by atoms with van der Waals surface area (Å²) >= 11 is 3.20. The maximum absolute atomic E-state index is 11.7. The van der Waals surface area contributed by atoms with E-state index in [4.69, 9.17) is 15.7 Å². The molecule has 7 heteroatoms. The number of hydrogen-bond donors (Lipinski definition) is 2. The van der Waals surface area contributed by atoms with E-state index < -0.39 is 18.5 Å². The number of benzene rings is 1. The van der Waals surface area contributed by atoms with E-state index in [2.05, 4.69) is 21.2 Å². The Hall–Kier alpha value is -2.07. The van der Waals surface area contributed by atoms with Crippen molar-refractivity contribution in [3.05, 3.63) is 28.2 Å². The molecule has 0 radical (unpaired) electrons. The normalized spacial score (nSPS) is 9.47. The summed E-state index contributed by atoms with van der Waals surface area (Å²) in [6, 6.07) is 6.60. The highest BCUT2D eigenvalue weighted by Gasteiger charge is 2.13. The first kappa shape index (κ1) is 15.0. The van der Waals surface area contributed by atoms with Crippen LogP contribution in [0.1, 0.15) is 16.8 Å². The van der Waals surface area contributed by atoms with Crippen molar-refractivity contribution in [2.45, 2.75) is 6.42 Å². The van der Waals surface area contributed by atoms with Gasteiger partial charge in [-0.15, -0.1) is 0 Å². The van der Waals surface area contributed by atoms with Crippen LogP contribution in [0.25, 0.3) is 0 Å². The fourth-order valence-electron chi connectivity index (χ4n) is 1.22. The Morgan fingerprint density at radius 2 is 2.21 bits per heavy atom. The van der Waals surface area contributed by atoms with Crippen LogP contribution in [-0.2, 0) is 9.53 Å². The van der Waals surface area contributed by atoms with Crippen LogP contribution in [0.5, 0.6) is 0 Å². The number of nitriles is 1. The third kappa shape index (κ3) is 4.97. The van der Waals surface area contributed by atoms with Crippen molar-refractivity contribution in [1.29, 1.82) is 5.26 Å². The highest BCUT2D eigenvalue weighted by atomic mass is 79.9. The summed E-state index contributed by atoms with van der Waals surface area (Å²) in [6.45, 7) is -0.166. The number of halogens is 1. The van der Waals surface area contributed by atoms with Gasteiger partial charge in [0.15, 0.2) is 6.61 Å². The maximum Gasteiger partial charge on any atom is 0.339 e. The van der Waals surface area contributed by atoms with Gasteiger partial charge in [0.25, 0.3) is 5.91 Å². The predicted molar refractivity (Wildman–Crippen MR) is 72.1 cm³/mol. The van der Waals surface area contributed by atoms with Gasteiger partial charge in [-0.3, -0.25) is 4.79 Å². The Labute approximate surface area is 118 Å². The smallest absolute Gasteiger partial charge is 0.339 e. The molecule has 0 aliphatic rings. The molecule has 0 aliphatic carbocycles. The predicted octanol–water partition coefficient (Wildman–Crippen LogP) is 1.22. The lowest BCUT2D eigenvalue weighted by atomic mass is 10.2. The van der Waals surface area contributed by atoms with Crippen LogP contribution >= 0.6 is 15.9 Å². The maximum atomic E-state index is 11.7. The van der Waals surface area contributed by atoms with Gasteiger partial charge in [-0.25, -0.2) is 4.79 Å². The quantitative estimate of drug-likeness (QED) is 0.481. The lowest BCUT2D eigenvalue weighted by Gasteiger charge is -2.07. The number of hydrogen-bond acceptors (Lipinski definition) is 5. The molecular formula is C12H12BrN3O3. The number of rotatable bonds is 5. The van der Waals surface area contributed by atoms with E-state index in [0.29, 0.717) is 10.2 Å². The van der Waals surface area contributed by atoms with E-state index in [0.717, 1.165) is 0 Å². The van der Waals surface area contributed by atoms with Crippen molar-refractivity contribution in [3.63, 3.8) is 0 Å². The number of nitrogen functional groups attached to an aromatic ring is 1. The molecule has 0 spiro atoms. The first-order valence-corrected chi connectivity index (χ1v) is 6.19. The minimum absolute atomic E-state index is 0.209. The SMILES string of the molecule is N#CCCNC(=O)COC(=O)c1cc(N)ccc1Br. The Morgan fingerprint density at radius 1 is 1.47 bits per heavy atom. The van der Waals surface area contributed by atoms with Crippen molar-refractivity contribution in [1.82, 2.24) is 5.32 Å². The van der Waals surface area contributed by atoms with E-state index in [1.54, 1.807) is 12.1 Å². The summed E-state index contributed by atoms with van der Waals surface area (Å²) in [6.07, 6.45) is 0.209. The van der Waals surface area contributed by atoms with Crippen molar-refractivity contribution >= 4 is 33.5 Å². The second-order valence-corrected chi connectivity index (χ2v) is 4.43. The largest absolute Gasteiger partial charge is 0.452 e. The van der Waals surface area contributed by atoms with Gasteiger partial charge in [0, 0.05) is 16.7 Å². The number of amides is 1. The number of esters is 1. The van der Waals surface area contributed by atoms with Crippen molar-refractivity contribution < 1.29 is 14.3 Å². The molecule has 0 atom stereocenters. The molecule has 1 amide bonds. The zero-order valence-electron chi connectivity index (χ0n) is 9.98. The van der Waals surface area contributed by atoms with Crippen LogP contribution < -0.4 is 11.1 Å². The monoisotopic (exact) mass is 325 g/mol. The third-order valence-corrected chi connectivity index (χ3v) is 2.80. The van der Waals surface area contributed by atoms with E-state index in [1.165, 1.54) is 6.07 Å². The fourth-order valence-corrected chi connectivity index (χ4v) is 1.63. The molecule has 1 aromatic carbocycles. The summed E-state index contributed by atoms with van der Waals surface area (Å²) in [7, 11) is 0. The topological polar surface area (TPSA) is 105 Å². The minimum Gasteiger partial charge on any atom is -0.452 e. The summed E-state index contributed by atoms with van der Waals surface area (Å²) in [5.41, 5.74) is 6.24. The second-order valence-electron chi connectivity index (χ2n) is 3.57. The zero-order valence-corrected chi connectivity index (χ0v) is 11.6. The second kappa shape index (κ2) is 7.38. The summed E-state index contributed by atoms with van der Waals surface area (Å²) in [5, 5.41) is 10.7. The molecule has 0 aromatic heterocycles. The third-order valence-electron chi connectivity index (χ3n) is 2.10. The van der Waals surface area contributed by atoms with Gasteiger partial charge in [-0.1, -0.05) is 0 Å². The number of carbonyl (C=O) groups excluding carboxylic acids is 2. The highest BCUT2D eigenvalue weighted by molar-refractivity contribution is 9.10. The molecule has 0 bridgehead atoms. The van der Waals surface area contributed by atoms with E-state index >= 15 is 0 Å². The van der Waals surface area contributed by atoms with Crippen molar-refractivity contribution in [2.75, 3.05) is 18.9 Å². The molecule has 0 saturated heterocycles. The van der Waals surface area contributed by atoms with Gasteiger partial charge in [0.2, 0.25) is 0 Å². The van der Waals surface area contributed by atoms with E-state index in [1.807, 2.05) is 6.07 Å². The summed E-state index contributed by atoms with van der Waals surface area (Å²) in [4.78, 5) is 23.0. The molecule has 0 unspecified atom stereocenters. The first-order chi connectivity index (χ1) is 9.04. The van der Waals surface area contributed by atoms with Crippen LogP contribution in [0.2, 0.25) is 0 Å². The number of nitrogens with zero attached hydrogens (tertiary/aromatic N) is 1. The van der Waals surface area contributed by atoms with Crippen LogP contribution in [0.15, 0.2) is 22.7 Å². The molecule has 1 aromatic rings. The van der Waals surface area contributed by atoms with Gasteiger partial charge in [0.1, 0.15) is 0 Å². The Kier molecular flexibility index (Phi) is 5.82. The van der Waals surface area contributed by atoms with Crippen LogP contribution in [-0.4, -0.2) is 25.0 Å². The summed E-state index contributed by atoms with van der Waals surface area (Å²) < 4.78 is 5.38. The Balaban J connectivity index is 2.49. The van der Waals surface area contributed by atoms with Gasteiger partial charge in [0.05, 0.1) is 18.1 Å². The lowest BCUT2D eigenvalue weighted by molar-refractivity contribution is -0.124. The van der Waals surface area contributed by atoms with Gasteiger partial charge < -0.3 is 15.8 Å².